The molecular formula is C14H17FN4. The minimum atomic E-state index is -0.290. The zero-order valence-corrected chi connectivity index (χ0v) is 11.3. The molecular weight excluding hydrogens is 243 g/mol. The summed E-state index contributed by atoms with van der Waals surface area (Å²) in [5.74, 6) is 1.65. The standard InChI is InChI=1S/C14H17FN4/c1-4-16-12-8-13(18-10(3)17-12)19-14-9(2)6-5-7-11(14)15/h5-8H,4H2,1-3H3,(H2,16,17,18,19). The summed E-state index contributed by atoms with van der Waals surface area (Å²) in [7, 11) is 0. The number of benzene rings is 1. The van der Waals surface area contributed by atoms with Crippen LogP contribution in [-0.4, -0.2) is 16.5 Å². The van der Waals surface area contributed by atoms with Gasteiger partial charge in [-0.3, -0.25) is 0 Å². The van der Waals surface area contributed by atoms with Crippen LogP contribution in [0.5, 0.6) is 0 Å². The van der Waals surface area contributed by atoms with Gasteiger partial charge < -0.3 is 10.6 Å². The van der Waals surface area contributed by atoms with Crippen LogP contribution >= 0.6 is 0 Å². The Kier molecular flexibility index (Phi) is 3.94. The molecule has 5 heteroatoms. The number of halogens is 1. The van der Waals surface area contributed by atoms with E-state index in [4.69, 9.17) is 0 Å². The molecule has 0 aliphatic carbocycles. The largest absolute Gasteiger partial charge is 0.370 e. The molecule has 0 fully saturated rings. The normalized spacial score (nSPS) is 10.3. The maximum atomic E-state index is 13.8. The molecule has 0 amide bonds. The van der Waals surface area contributed by atoms with Gasteiger partial charge in [-0.05, 0) is 32.4 Å². The molecule has 0 radical (unpaired) electrons. The lowest BCUT2D eigenvalue weighted by Crippen LogP contribution is -2.05. The average Bonchev–Trinajstić information content (AvgIpc) is 2.34. The molecule has 0 atom stereocenters. The van der Waals surface area contributed by atoms with Crippen molar-refractivity contribution in [3.8, 4) is 0 Å². The van der Waals surface area contributed by atoms with Crippen molar-refractivity contribution in [2.24, 2.45) is 0 Å². The summed E-state index contributed by atoms with van der Waals surface area (Å²) in [6.45, 7) is 6.42. The van der Waals surface area contributed by atoms with E-state index in [1.54, 1.807) is 19.1 Å². The lowest BCUT2D eigenvalue weighted by atomic mass is 10.2. The highest BCUT2D eigenvalue weighted by Gasteiger charge is 2.07. The second-order valence-electron chi connectivity index (χ2n) is 4.27. The van der Waals surface area contributed by atoms with Crippen molar-refractivity contribution in [2.75, 3.05) is 17.2 Å². The maximum absolute atomic E-state index is 13.8. The third-order valence-corrected chi connectivity index (χ3v) is 2.67. The molecule has 0 unspecified atom stereocenters. The average molecular weight is 260 g/mol. The van der Waals surface area contributed by atoms with Crippen LogP contribution < -0.4 is 10.6 Å². The van der Waals surface area contributed by atoms with E-state index in [9.17, 15) is 4.39 Å². The summed E-state index contributed by atoms with van der Waals surface area (Å²) in [6, 6.07) is 6.73. The third-order valence-electron chi connectivity index (χ3n) is 2.67. The topological polar surface area (TPSA) is 49.8 Å². The number of nitrogens with one attached hydrogen (secondary N) is 2. The van der Waals surface area contributed by atoms with Gasteiger partial charge in [0.2, 0.25) is 0 Å². The summed E-state index contributed by atoms with van der Waals surface area (Å²) in [5, 5.41) is 6.13. The minimum Gasteiger partial charge on any atom is -0.370 e. The van der Waals surface area contributed by atoms with Crippen LogP contribution in [0.25, 0.3) is 0 Å². The molecule has 2 rings (SSSR count). The molecule has 0 saturated carbocycles. The summed E-state index contributed by atoms with van der Waals surface area (Å²) in [6.07, 6.45) is 0. The number of nitrogens with zero attached hydrogens (tertiary/aromatic N) is 2. The molecule has 2 N–H and O–H groups in total. The fraction of sp³-hybridized carbons (Fsp3) is 0.286. The van der Waals surface area contributed by atoms with E-state index in [0.717, 1.165) is 17.9 Å². The van der Waals surface area contributed by atoms with Crippen molar-refractivity contribution in [1.82, 2.24) is 9.97 Å². The fourth-order valence-corrected chi connectivity index (χ4v) is 1.82. The van der Waals surface area contributed by atoms with Gasteiger partial charge >= 0.3 is 0 Å². The highest BCUT2D eigenvalue weighted by atomic mass is 19.1. The van der Waals surface area contributed by atoms with Crippen LogP contribution in [0.2, 0.25) is 0 Å². The van der Waals surface area contributed by atoms with Crippen molar-refractivity contribution in [3.63, 3.8) is 0 Å². The Labute approximate surface area is 112 Å². The first-order valence-electron chi connectivity index (χ1n) is 6.22. The number of aromatic nitrogens is 2. The summed E-state index contributed by atoms with van der Waals surface area (Å²) in [4.78, 5) is 8.52. The van der Waals surface area contributed by atoms with Crippen molar-refractivity contribution < 1.29 is 4.39 Å². The van der Waals surface area contributed by atoms with Gasteiger partial charge in [0.15, 0.2) is 0 Å². The number of hydrogen-bond acceptors (Lipinski definition) is 4. The Bertz CT molecular complexity index is 563. The first-order chi connectivity index (χ1) is 9.10. The molecule has 0 bridgehead atoms. The number of para-hydroxylation sites is 1. The van der Waals surface area contributed by atoms with Crippen LogP contribution in [-0.2, 0) is 0 Å². The Morgan fingerprint density at radius 3 is 2.58 bits per heavy atom. The van der Waals surface area contributed by atoms with E-state index in [-0.39, 0.29) is 5.82 Å². The van der Waals surface area contributed by atoms with Gasteiger partial charge in [0.1, 0.15) is 23.3 Å². The zero-order chi connectivity index (χ0) is 13.8. The lowest BCUT2D eigenvalue weighted by molar-refractivity contribution is 0.630. The molecule has 0 spiro atoms. The highest BCUT2D eigenvalue weighted by Crippen LogP contribution is 2.23. The Morgan fingerprint density at radius 1 is 1.16 bits per heavy atom. The Hall–Kier alpha value is -2.17. The van der Waals surface area contributed by atoms with Crippen LogP contribution in [0.1, 0.15) is 18.3 Å². The lowest BCUT2D eigenvalue weighted by Gasteiger charge is -2.11. The van der Waals surface area contributed by atoms with Crippen LogP contribution in [0.15, 0.2) is 24.3 Å². The third kappa shape index (κ3) is 3.19. The molecule has 1 aromatic heterocycles. The van der Waals surface area contributed by atoms with E-state index < -0.39 is 0 Å². The summed E-state index contributed by atoms with van der Waals surface area (Å²) in [5.41, 5.74) is 1.28. The molecule has 2 aromatic rings. The molecule has 0 aliphatic heterocycles. The van der Waals surface area contributed by atoms with Gasteiger partial charge in [-0.15, -0.1) is 0 Å². The predicted octanol–water partition coefficient (Wildman–Crippen LogP) is 3.41. The van der Waals surface area contributed by atoms with Crippen molar-refractivity contribution in [1.29, 1.82) is 0 Å². The molecule has 19 heavy (non-hydrogen) atoms. The zero-order valence-electron chi connectivity index (χ0n) is 11.3. The Morgan fingerprint density at radius 2 is 1.89 bits per heavy atom. The molecule has 4 nitrogen and oxygen atoms in total. The summed E-state index contributed by atoms with van der Waals surface area (Å²) < 4.78 is 13.8. The van der Waals surface area contributed by atoms with E-state index in [1.807, 2.05) is 19.9 Å². The monoisotopic (exact) mass is 260 g/mol. The quantitative estimate of drug-likeness (QED) is 0.884. The predicted molar refractivity (Wildman–Crippen MR) is 75.4 cm³/mol. The molecule has 0 saturated heterocycles. The number of aryl methyl sites for hydroxylation is 2. The van der Waals surface area contributed by atoms with Crippen molar-refractivity contribution >= 4 is 17.3 Å². The first kappa shape index (κ1) is 13.3. The highest BCUT2D eigenvalue weighted by molar-refractivity contribution is 5.63. The van der Waals surface area contributed by atoms with E-state index in [1.165, 1.54) is 6.07 Å². The summed E-state index contributed by atoms with van der Waals surface area (Å²) >= 11 is 0. The van der Waals surface area contributed by atoms with Gasteiger partial charge in [-0.1, -0.05) is 12.1 Å². The SMILES string of the molecule is CCNc1cc(Nc2c(C)cccc2F)nc(C)n1. The van der Waals surface area contributed by atoms with Gasteiger partial charge in [0.05, 0.1) is 5.69 Å². The van der Waals surface area contributed by atoms with E-state index in [0.29, 0.717) is 17.3 Å². The second-order valence-corrected chi connectivity index (χ2v) is 4.27. The molecule has 1 heterocycles. The van der Waals surface area contributed by atoms with Gasteiger partial charge in [0, 0.05) is 12.6 Å². The van der Waals surface area contributed by atoms with Crippen LogP contribution in [0.4, 0.5) is 21.7 Å². The molecule has 1 aromatic carbocycles. The number of rotatable bonds is 4. The van der Waals surface area contributed by atoms with E-state index in [2.05, 4.69) is 20.6 Å². The smallest absolute Gasteiger partial charge is 0.146 e. The number of hydrogen-bond donors (Lipinski definition) is 2. The van der Waals surface area contributed by atoms with Crippen LogP contribution in [0.3, 0.4) is 0 Å². The van der Waals surface area contributed by atoms with Gasteiger partial charge in [0.25, 0.3) is 0 Å². The van der Waals surface area contributed by atoms with Gasteiger partial charge in [-0.2, -0.15) is 0 Å². The van der Waals surface area contributed by atoms with E-state index >= 15 is 0 Å². The number of anilines is 3. The van der Waals surface area contributed by atoms with Crippen molar-refractivity contribution in [2.45, 2.75) is 20.8 Å². The first-order valence-corrected chi connectivity index (χ1v) is 6.22. The second kappa shape index (κ2) is 5.65. The Balaban J connectivity index is 2.33. The maximum Gasteiger partial charge on any atom is 0.146 e. The van der Waals surface area contributed by atoms with Gasteiger partial charge in [-0.25, -0.2) is 14.4 Å². The minimum absolute atomic E-state index is 0.290. The van der Waals surface area contributed by atoms with Crippen LogP contribution in [0, 0.1) is 19.7 Å². The fourth-order valence-electron chi connectivity index (χ4n) is 1.82. The molecule has 100 valence electrons. The molecule has 0 aliphatic rings. The van der Waals surface area contributed by atoms with Crippen molar-refractivity contribution in [3.05, 3.63) is 41.5 Å².